The van der Waals surface area contributed by atoms with Crippen molar-refractivity contribution in [2.45, 2.75) is 38.5 Å². The predicted molar refractivity (Wildman–Crippen MR) is 264 cm³/mol. The highest BCUT2D eigenvalue weighted by Crippen LogP contribution is 2.59. The Bertz CT molecular complexity index is 2620. The van der Waals surface area contributed by atoms with E-state index in [0.29, 0.717) is 29.4 Å². The van der Waals surface area contributed by atoms with Gasteiger partial charge in [-0.15, -0.1) is 0 Å². The molecule has 8 heteroatoms. The van der Waals surface area contributed by atoms with E-state index in [1.54, 1.807) is 0 Å². The monoisotopic (exact) mass is 1070 g/mol. The van der Waals surface area contributed by atoms with Crippen LogP contribution in [0.2, 0.25) is 0 Å². The summed E-state index contributed by atoms with van der Waals surface area (Å²) >= 11 is 14.1. The Kier molecular flexibility index (Phi) is 10.8. The van der Waals surface area contributed by atoms with Crippen molar-refractivity contribution in [2.24, 2.45) is 0 Å². The number of hydrogen-bond acceptors (Lipinski definition) is 4. The Morgan fingerprint density at radius 2 is 0.516 bits per heavy atom. The van der Waals surface area contributed by atoms with Crippen molar-refractivity contribution in [3.8, 4) is 45.3 Å². The van der Waals surface area contributed by atoms with Gasteiger partial charge in [0.1, 0.15) is 23.0 Å². The zero-order chi connectivity index (χ0) is 43.8. The third kappa shape index (κ3) is 6.31. The van der Waals surface area contributed by atoms with Crippen LogP contribution in [-0.4, -0.2) is 20.4 Å². The predicted octanol–water partition coefficient (Wildman–Crippen LogP) is 15.2. The molecule has 0 unspecified atom stereocenters. The number of phenols is 4. The molecule has 0 heterocycles. The molecule has 4 nitrogen and oxygen atoms in total. The minimum absolute atomic E-state index is 0.159. The molecule has 308 valence electrons. The van der Waals surface area contributed by atoms with Crippen LogP contribution in [0.25, 0.3) is 22.3 Å². The second kappa shape index (κ2) is 15.9. The summed E-state index contributed by atoms with van der Waals surface area (Å²) in [5, 5.41) is 41.8. The summed E-state index contributed by atoms with van der Waals surface area (Å²) in [6.45, 7) is 7.83. The average Bonchev–Trinajstić information content (AvgIpc) is 3.74. The van der Waals surface area contributed by atoms with Crippen LogP contribution in [0.3, 0.4) is 0 Å². The maximum absolute atomic E-state index is 10.5. The zero-order valence-corrected chi connectivity index (χ0v) is 40.5. The highest BCUT2D eigenvalue weighted by molar-refractivity contribution is 9.11. The molecule has 0 bridgehead atoms. The molecule has 2 aliphatic rings. The summed E-state index contributed by atoms with van der Waals surface area (Å²) in [5.41, 5.74) is 16.0. The minimum atomic E-state index is -0.648. The molecule has 0 saturated heterocycles. The van der Waals surface area contributed by atoms with E-state index in [9.17, 15) is 20.4 Å². The Balaban J connectivity index is 0.000000158. The molecule has 0 atom stereocenters. The molecule has 0 saturated carbocycles. The highest BCUT2D eigenvalue weighted by atomic mass is 79.9. The summed E-state index contributed by atoms with van der Waals surface area (Å²) in [4.78, 5) is 0. The first-order valence-electron chi connectivity index (χ1n) is 20.1. The van der Waals surface area contributed by atoms with Gasteiger partial charge in [0, 0.05) is 0 Å². The van der Waals surface area contributed by atoms with Crippen LogP contribution in [-0.2, 0) is 10.8 Å². The molecule has 0 aliphatic heterocycles. The lowest BCUT2D eigenvalue weighted by Gasteiger charge is -2.35. The summed E-state index contributed by atoms with van der Waals surface area (Å²) in [5.74, 6) is 1.01. The topological polar surface area (TPSA) is 80.9 Å². The zero-order valence-electron chi connectivity index (χ0n) is 34.2. The number of phenolic OH excluding ortho intramolecular Hbond substituents is 4. The van der Waals surface area contributed by atoms with Gasteiger partial charge in [-0.25, -0.2) is 0 Å². The van der Waals surface area contributed by atoms with Crippen molar-refractivity contribution in [1.29, 1.82) is 0 Å². The maximum Gasteiger partial charge on any atom is 0.143 e. The van der Waals surface area contributed by atoms with Gasteiger partial charge in [-0.1, -0.05) is 121 Å². The van der Waals surface area contributed by atoms with E-state index in [1.807, 2.05) is 52.0 Å². The van der Waals surface area contributed by atoms with Gasteiger partial charge in [0.15, 0.2) is 0 Å². The second-order valence-corrected chi connectivity index (χ2v) is 19.6. The lowest BCUT2D eigenvalue weighted by atomic mass is 9.66. The molecule has 62 heavy (non-hydrogen) atoms. The van der Waals surface area contributed by atoms with Crippen LogP contribution in [0, 0.1) is 27.7 Å². The summed E-state index contributed by atoms with van der Waals surface area (Å²) < 4.78 is 2.43. The van der Waals surface area contributed by atoms with Gasteiger partial charge >= 0.3 is 0 Å². The van der Waals surface area contributed by atoms with Crippen molar-refractivity contribution < 1.29 is 20.4 Å². The third-order valence-corrected chi connectivity index (χ3v) is 15.1. The summed E-state index contributed by atoms with van der Waals surface area (Å²) in [6, 6.07) is 50.3. The molecule has 10 rings (SSSR count). The second-order valence-electron chi connectivity index (χ2n) is 16.2. The molecule has 0 fully saturated rings. The van der Waals surface area contributed by atoms with E-state index in [-0.39, 0.29) is 11.5 Å². The van der Waals surface area contributed by atoms with Crippen molar-refractivity contribution in [1.82, 2.24) is 0 Å². The first kappa shape index (κ1) is 42.2. The Morgan fingerprint density at radius 3 is 0.758 bits per heavy atom. The first-order valence-corrected chi connectivity index (χ1v) is 23.3. The number of aryl methyl sites for hydroxylation is 4. The summed E-state index contributed by atoms with van der Waals surface area (Å²) in [6.07, 6.45) is 0. The number of fused-ring (bicyclic) bond motifs is 6. The van der Waals surface area contributed by atoms with E-state index >= 15 is 0 Å². The van der Waals surface area contributed by atoms with Gasteiger partial charge in [-0.05, 0) is 205 Å². The smallest absolute Gasteiger partial charge is 0.143 e. The average molecular weight is 1070 g/mol. The fraction of sp³-hybridized carbons (Fsp3) is 0.111. The molecule has 8 aromatic rings. The van der Waals surface area contributed by atoms with E-state index in [2.05, 4.69) is 185 Å². The molecule has 8 aromatic carbocycles. The summed E-state index contributed by atoms with van der Waals surface area (Å²) in [7, 11) is 0. The van der Waals surface area contributed by atoms with Crippen LogP contribution in [0.4, 0.5) is 0 Å². The number of halogens is 4. The van der Waals surface area contributed by atoms with E-state index in [4.69, 9.17) is 0 Å². The van der Waals surface area contributed by atoms with Crippen LogP contribution < -0.4 is 0 Å². The van der Waals surface area contributed by atoms with Crippen LogP contribution in [0.15, 0.2) is 163 Å². The number of aromatic hydroxyl groups is 4. The maximum atomic E-state index is 10.5. The van der Waals surface area contributed by atoms with Crippen molar-refractivity contribution in [3.63, 3.8) is 0 Å². The lowest BCUT2D eigenvalue weighted by molar-refractivity contribution is 0.465. The van der Waals surface area contributed by atoms with Gasteiger partial charge in [0.05, 0.1) is 28.7 Å². The van der Waals surface area contributed by atoms with Gasteiger partial charge in [-0.2, -0.15) is 0 Å². The normalized spacial score (nSPS) is 13.7. The number of benzene rings is 8. The molecule has 0 amide bonds. The fourth-order valence-corrected chi connectivity index (χ4v) is 12.3. The van der Waals surface area contributed by atoms with E-state index in [0.717, 1.165) is 55.6 Å². The molecule has 0 spiro atoms. The fourth-order valence-electron chi connectivity index (χ4n) is 9.96. The van der Waals surface area contributed by atoms with Crippen molar-refractivity contribution in [3.05, 3.63) is 230 Å². The molecule has 0 radical (unpaired) electrons. The van der Waals surface area contributed by atoms with Crippen LogP contribution in [0.5, 0.6) is 23.0 Å². The lowest BCUT2D eigenvalue weighted by Crippen LogP contribution is -2.29. The van der Waals surface area contributed by atoms with Gasteiger partial charge in [0.25, 0.3) is 0 Å². The number of rotatable bonds is 4. The molecular formula is C54H40Br4O4. The van der Waals surface area contributed by atoms with Gasteiger partial charge in [0.2, 0.25) is 0 Å². The number of hydrogen-bond donors (Lipinski definition) is 4. The first-order chi connectivity index (χ1) is 29.7. The molecular weight excluding hydrogens is 1030 g/mol. The third-order valence-electron chi connectivity index (χ3n) is 12.7. The Morgan fingerprint density at radius 1 is 0.306 bits per heavy atom. The Hall–Kier alpha value is -5.12. The van der Waals surface area contributed by atoms with E-state index < -0.39 is 10.8 Å². The minimum Gasteiger partial charge on any atom is -0.507 e. The SMILES string of the molecule is Cc1cc(C2(c3cc(C)c(O)c(C)c3)c3ccccc3-c3ccccc32)cc(C)c1O.Oc1c(Br)cc(C2(c3cc(Br)c(O)c(Br)c3)c3ccccc3-c3ccccc32)cc1Br. The quantitative estimate of drug-likeness (QED) is 0.142. The molecule has 2 aliphatic carbocycles. The molecule has 4 N–H and O–H groups in total. The van der Waals surface area contributed by atoms with Crippen molar-refractivity contribution >= 4 is 63.7 Å². The largest absolute Gasteiger partial charge is 0.507 e. The molecule has 0 aromatic heterocycles. The van der Waals surface area contributed by atoms with Crippen LogP contribution >= 0.6 is 63.7 Å². The van der Waals surface area contributed by atoms with Gasteiger partial charge in [-0.3, -0.25) is 0 Å². The van der Waals surface area contributed by atoms with Crippen LogP contribution in [0.1, 0.15) is 66.8 Å². The van der Waals surface area contributed by atoms with Crippen molar-refractivity contribution in [2.75, 3.05) is 0 Å². The standard InChI is InChI=1S/C29H26O2.C25H14Br4O2/c1-17-13-21(14-18(2)27(17)30)29(22-15-19(3)28(31)20(4)16-22)25-11-7-5-9-23(25)24-10-6-8-12-26(24)29;26-19-9-13(10-20(27)23(19)30)25(14-11-21(28)24(31)22(29)12-14)17-7-3-1-5-15(17)16-6-2-4-8-18(16)25/h5-16,30-31H,1-4H3;1-12,30-31H. The highest BCUT2D eigenvalue weighted by Gasteiger charge is 2.48. The van der Waals surface area contributed by atoms with E-state index in [1.165, 1.54) is 33.4 Å². The van der Waals surface area contributed by atoms with Gasteiger partial charge < -0.3 is 20.4 Å². The Labute approximate surface area is 395 Å².